The van der Waals surface area contributed by atoms with Crippen molar-refractivity contribution in [3.05, 3.63) is 0 Å². The number of carbonyl (C=O) groups is 16. The van der Waals surface area contributed by atoms with Crippen molar-refractivity contribution >= 4 is 136 Å². The van der Waals surface area contributed by atoms with Gasteiger partial charge >= 0.3 is 117 Å². The number of rotatable bonds is 43. The lowest BCUT2D eigenvalue weighted by molar-refractivity contribution is -0.178. The fraction of sp³-hybridized carbons (Fsp3) is 0.810. The molecule has 13 rings (SSSR count). The smallest absolute Gasteiger partial charge is 0.370 e. The lowest BCUT2D eigenvalue weighted by atomic mass is 9.77. The quantitative estimate of drug-likeness (QED) is 0.0330. The zero-order valence-corrected chi connectivity index (χ0v) is 84.2. The molecule has 28 unspecified atom stereocenters. The summed E-state index contributed by atoms with van der Waals surface area (Å²) in [5.74, 6) is -23.4. The van der Waals surface area contributed by atoms with Gasteiger partial charge in [-0.1, -0.05) is 40.0 Å². The van der Waals surface area contributed by atoms with Crippen LogP contribution in [0.4, 0.5) is 35.1 Å². The minimum atomic E-state index is -6.09. The van der Waals surface area contributed by atoms with Crippen LogP contribution >= 0.6 is 0 Å². The highest BCUT2D eigenvalue weighted by Gasteiger charge is 2.77. The van der Waals surface area contributed by atoms with E-state index < -0.39 is 402 Å². The van der Waals surface area contributed by atoms with Crippen molar-refractivity contribution < 1.29 is 277 Å². The van der Waals surface area contributed by atoms with Crippen LogP contribution in [-0.4, -0.2) is 366 Å². The van der Waals surface area contributed by atoms with Gasteiger partial charge in [0.1, 0.15) is 171 Å². The second-order valence-electron chi connectivity index (χ2n) is 38.5. The molecule has 1 saturated carbocycles. The fourth-order valence-electron chi connectivity index (χ4n) is 18.3. The normalized spacial score (nSPS) is 30.3. The summed E-state index contributed by atoms with van der Waals surface area (Å²) in [5.41, 5.74) is -3.21. The Labute approximate surface area is 836 Å². The van der Waals surface area contributed by atoms with E-state index >= 15 is 0 Å². The first kappa shape index (κ1) is 120. The van der Waals surface area contributed by atoms with E-state index in [0.29, 0.717) is 47.0 Å². The summed E-state index contributed by atoms with van der Waals surface area (Å²) in [6, 6.07) is 0. The van der Waals surface area contributed by atoms with E-state index in [2.05, 4.69) is 18.9 Å². The Balaban J connectivity index is 0.000000202. The highest BCUT2D eigenvalue weighted by molar-refractivity contribution is 7.87. The maximum absolute atomic E-state index is 13.4. The molecule has 28 atom stereocenters. The van der Waals surface area contributed by atoms with Crippen molar-refractivity contribution in [2.75, 3.05) is 52.9 Å². The van der Waals surface area contributed by atoms with Crippen LogP contribution in [0, 0.1) is 53.3 Å². The van der Waals surface area contributed by atoms with Gasteiger partial charge in [-0.3, -0.25) is 38.4 Å². The summed E-state index contributed by atoms with van der Waals surface area (Å²) < 4.78 is 357. The number of carbonyl (C=O) groups excluding carboxylic acids is 16. The van der Waals surface area contributed by atoms with E-state index in [-0.39, 0.29) is 5.92 Å². The topological polar surface area (TPSA) is 723 Å². The summed E-state index contributed by atoms with van der Waals surface area (Å²) in [7, 11) is -24.3. The van der Waals surface area contributed by atoms with E-state index in [4.69, 9.17) is 94.7 Å². The van der Waals surface area contributed by atoms with E-state index in [0.717, 1.165) is 32.1 Å². The Hall–Kier alpha value is -9.72. The van der Waals surface area contributed by atoms with Crippen LogP contribution < -0.4 is 0 Å². The fourth-order valence-corrected chi connectivity index (χ4v) is 20.1. The van der Waals surface area contributed by atoms with Crippen molar-refractivity contribution in [1.82, 2.24) is 0 Å². The number of esters is 16. The third kappa shape index (κ3) is 26.1. The molecule has 12 saturated heterocycles. The van der Waals surface area contributed by atoms with Crippen LogP contribution in [0.3, 0.4) is 0 Å². The summed E-state index contributed by atoms with van der Waals surface area (Å²) in [4.78, 5) is 197. The molecule has 0 N–H and O–H groups in total. The zero-order chi connectivity index (χ0) is 111. The first-order valence-corrected chi connectivity index (χ1v) is 51.2. The molecule has 1 aliphatic carbocycles. The molecule has 0 aromatic heterocycles. The number of fused-ring (bicyclic) bond motifs is 4. The van der Waals surface area contributed by atoms with E-state index in [9.17, 15) is 164 Å². The summed E-state index contributed by atoms with van der Waals surface area (Å²) in [6.07, 6.45) is -19.7. The molecule has 0 spiro atoms. The number of halogens is 8. The van der Waals surface area contributed by atoms with Crippen molar-refractivity contribution in [2.24, 2.45) is 53.3 Å². The zero-order valence-electron chi connectivity index (χ0n) is 80.9. The monoisotopic (exact) mass is 2230 g/mol. The Morgan fingerprint density at radius 1 is 0.318 bits per heavy atom. The van der Waals surface area contributed by atoms with Crippen LogP contribution in [-0.2, 0) is 231 Å². The van der Waals surface area contributed by atoms with E-state index in [1.807, 2.05) is 34.6 Å². The average Bonchev–Trinajstić information content (AvgIpc) is 1.56. The molecule has 0 aromatic carbocycles. The molecule has 52 nitrogen and oxygen atoms in total. The third-order valence-electron chi connectivity index (χ3n) is 26.4. The van der Waals surface area contributed by atoms with E-state index in [1.165, 1.54) is 0 Å². The lowest BCUT2D eigenvalue weighted by Crippen LogP contribution is -2.50. The third-order valence-corrected chi connectivity index (χ3v) is 30.4. The molecule has 0 amide bonds. The van der Waals surface area contributed by atoms with Crippen molar-refractivity contribution in [3.8, 4) is 0 Å². The Bertz CT molecular complexity index is 5530. The SMILES string of the molecule is CC(OC(=O)COCC(=O)OC1C2OC(=O)C3C2OC1C3C(=O)OC(C)(C)C)C(F)(F)S(=O)(=O)[O-].CC(OC(=O)COCC(=O)OC1C2OC(=O)C3C2OC1C3C(=O)OC(C)(C)C1CCCCC1)C(F)(F)S(=O)(=O)[O-].CCC(C)(C)OC(=O)C1C2OC3C(OC(=O)C31)C2OC(=O)COCC(=O)OC(C)C(F)(F)S(=O)(=O)[O-].CCC(C)(CC)OC(=O)C1C2OC3C(OC(=O)C31)C2OC(=O)COCC(=O)OC(C)C(F)(F)S(=O)(=O)[O-]. The standard InChI is InChI=1S/C24H32F2O13S.C21H28F2O13S.C20H26F2O13S.C19H24F2O13S/c1-11(24(25,26)40(31,32)33)35-13(27)9-34-10-14(28)36-19-18-16(15-17(37-18)20(19)38-21(15)29)22(30)39-23(2,3)12-7-5-4-6-8-12;1-5-20(4,6-2)36-19(27)13-12-14-17(35-18(12)26)16(15(13)34-14)33-11(25)8-31-7-10(24)32-9(3)21(22,23)37(28,29)30;1-5-19(3,4)35-18(26)12-11-13-16(34-17(11)25)15(14(12)33-13)32-10(24)7-30-6-9(23)31-8(2)20(21,22)36(27,28)29;1-7(19(20,21)35(26,27)28)30-8(22)5-29-6-9(23)31-14-13-11(17(25)34-18(2,3)4)10-12(32-13)15(14)33-16(10)24/h11-12,15-20H,4-10H2,1-3H3,(H,31,32,33);9,12-17H,5-8H2,1-4H3,(H,28,29,30);8,11-16H,5-7H2,1-4H3,(H,27,28,29);7,10-15H,5-6H2,1-4H3,(H,26,27,28)/p-4. The minimum Gasteiger partial charge on any atom is -0.743 e. The van der Waals surface area contributed by atoms with Gasteiger partial charge in [0.05, 0.1) is 0 Å². The summed E-state index contributed by atoms with van der Waals surface area (Å²) in [6.45, 7) is 13.4. The maximum Gasteiger partial charge on any atom is 0.370 e. The largest absolute Gasteiger partial charge is 0.743 e. The first-order chi connectivity index (χ1) is 68.0. The lowest BCUT2D eigenvalue weighted by Gasteiger charge is -2.38. The maximum atomic E-state index is 13.4. The molecule has 13 aliphatic rings. The predicted molar refractivity (Wildman–Crippen MR) is 444 cm³/mol. The van der Waals surface area contributed by atoms with Gasteiger partial charge in [0, 0.05) is 0 Å². The van der Waals surface area contributed by atoms with Gasteiger partial charge in [-0.25, -0.2) is 72.0 Å². The van der Waals surface area contributed by atoms with Gasteiger partial charge in [-0.05, 0) is 121 Å². The van der Waals surface area contributed by atoms with Crippen LogP contribution in [0.25, 0.3) is 0 Å². The van der Waals surface area contributed by atoms with Gasteiger partial charge in [-0.2, -0.15) is 35.1 Å². The van der Waals surface area contributed by atoms with Gasteiger partial charge in [0.15, 0.2) is 114 Å². The van der Waals surface area contributed by atoms with Crippen LogP contribution in [0.1, 0.15) is 155 Å². The molecule has 0 aromatic rings. The minimum absolute atomic E-state index is 0.157. The number of ether oxygens (including phenoxy) is 24. The second-order valence-corrected chi connectivity index (χ2v) is 44.3. The molecule has 12 heterocycles. The van der Waals surface area contributed by atoms with E-state index in [1.54, 1.807) is 41.5 Å². The highest BCUT2D eigenvalue weighted by atomic mass is 32.2. The van der Waals surface area contributed by atoms with Crippen LogP contribution in [0.15, 0.2) is 0 Å². The molecule has 13 fully saturated rings. The Morgan fingerprint density at radius 3 is 0.764 bits per heavy atom. The summed E-state index contributed by atoms with van der Waals surface area (Å²) in [5, 5.41) is -19.5. The Kier molecular flexibility index (Phi) is 36.8. The predicted octanol–water partition coefficient (Wildman–Crippen LogP) is -0.209. The number of hydrogen-bond donors (Lipinski definition) is 0. The van der Waals surface area contributed by atoms with Gasteiger partial charge < -0.3 is 132 Å². The van der Waals surface area contributed by atoms with Gasteiger partial charge in [0.2, 0.25) is 0 Å². The Morgan fingerprint density at radius 2 is 0.541 bits per heavy atom. The molecular weight excluding hydrogens is 2120 g/mol. The molecule has 8 bridgehead atoms. The molecule has 64 heteroatoms. The molecule has 12 aliphatic heterocycles. The van der Waals surface area contributed by atoms with Crippen molar-refractivity contribution in [2.45, 2.75) is 321 Å². The van der Waals surface area contributed by atoms with Gasteiger partial charge in [-0.15, -0.1) is 0 Å². The summed E-state index contributed by atoms with van der Waals surface area (Å²) >= 11 is 0. The van der Waals surface area contributed by atoms with Gasteiger partial charge in [0.25, 0.3) is 0 Å². The number of alkyl halides is 8. The van der Waals surface area contributed by atoms with Crippen molar-refractivity contribution in [3.63, 3.8) is 0 Å². The molecular formula is C84H106F8O52S4-4. The second kappa shape index (κ2) is 45.3. The van der Waals surface area contributed by atoms with Crippen LogP contribution in [0.2, 0.25) is 0 Å². The average molecular weight is 2230 g/mol. The van der Waals surface area contributed by atoms with Crippen molar-refractivity contribution in [1.29, 1.82) is 0 Å². The number of hydrogen-bond acceptors (Lipinski definition) is 52. The molecule has 148 heavy (non-hydrogen) atoms. The molecule has 838 valence electrons. The van der Waals surface area contributed by atoms with Crippen LogP contribution in [0.5, 0.6) is 0 Å². The molecule has 0 radical (unpaired) electrons. The first-order valence-electron chi connectivity index (χ1n) is 45.6. The highest BCUT2D eigenvalue weighted by Crippen LogP contribution is 2.57.